The predicted octanol–water partition coefficient (Wildman–Crippen LogP) is 1.58. The number of hydroxylamine groups is 2. The minimum absolute atomic E-state index is 0.358. The fourth-order valence-corrected chi connectivity index (χ4v) is 2.10. The zero-order valence-corrected chi connectivity index (χ0v) is 13.8. The number of likely N-dealkylation sites (N-methyl/N-ethyl adjacent to an activating group) is 1. The molecule has 0 saturated heterocycles. The summed E-state index contributed by atoms with van der Waals surface area (Å²) in [6.07, 6.45) is 3.27. The standard InChI is InChI=1S/C15H24N2O5/c1-15(2,3)22-14(20)16-13(19)11(17(4)21-5)12(18)10-8-6-7-9-10/h8,11H,6-7,9H2,1-5H3,(H,16,19,20)/t11-/m0/s1. The number of ketones is 1. The highest BCUT2D eigenvalue weighted by Gasteiger charge is 2.35. The summed E-state index contributed by atoms with van der Waals surface area (Å²) in [7, 11) is 2.82. The fourth-order valence-electron chi connectivity index (χ4n) is 2.10. The number of alkyl carbamates (subject to hydrolysis) is 1. The minimum atomic E-state index is -1.22. The molecule has 0 saturated carbocycles. The molecular weight excluding hydrogens is 288 g/mol. The monoisotopic (exact) mass is 312 g/mol. The summed E-state index contributed by atoms with van der Waals surface area (Å²) in [4.78, 5) is 41.4. The zero-order chi connectivity index (χ0) is 16.9. The molecule has 0 aromatic carbocycles. The van der Waals surface area contributed by atoms with Gasteiger partial charge in [-0.05, 0) is 45.6 Å². The summed E-state index contributed by atoms with van der Waals surface area (Å²) in [5.41, 5.74) is -0.140. The second-order valence-electron chi connectivity index (χ2n) is 6.11. The third-order valence-corrected chi connectivity index (χ3v) is 3.13. The molecule has 124 valence electrons. The van der Waals surface area contributed by atoms with Gasteiger partial charge in [0.15, 0.2) is 11.8 Å². The number of allylic oxidation sites excluding steroid dienone is 1. The molecule has 0 bridgehead atoms. The SMILES string of the molecule is CON(C)[C@H](C(=O)NC(=O)OC(C)(C)C)C(=O)C1=CCCC1. The van der Waals surface area contributed by atoms with Crippen molar-refractivity contribution in [1.82, 2.24) is 10.4 Å². The van der Waals surface area contributed by atoms with Gasteiger partial charge in [-0.25, -0.2) is 4.79 Å². The Balaban J connectivity index is 2.81. The summed E-state index contributed by atoms with van der Waals surface area (Å²) >= 11 is 0. The first-order chi connectivity index (χ1) is 10.2. The molecule has 1 aliphatic carbocycles. The summed E-state index contributed by atoms with van der Waals surface area (Å²) < 4.78 is 5.02. The summed E-state index contributed by atoms with van der Waals surface area (Å²) in [6.45, 7) is 5.05. The molecule has 1 rings (SSSR count). The van der Waals surface area contributed by atoms with Crippen molar-refractivity contribution in [1.29, 1.82) is 0 Å². The number of rotatable bonds is 5. The number of carbonyl (C=O) groups is 3. The Hall–Kier alpha value is -1.73. The Morgan fingerprint density at radius 2 is 1.95 bits per heavy atom. The molecule has 1 N–H and O–H groups in total. The number of hydrogen-bond acceptors (Lipinski definition) is 6. The van der Waals surface area contributed by atoms with E-state index in [2.05, 4.69) is 5.32 Å². The van der Waals surface area contributed by atoms with E-state index in [-0.39, 0.29) is 5.78 Å². The van der Waals surface area contributed by atoms with Crippen LogP contribution in [0.25, 0.3) is 0 Å². The first kappa shape index (κ1) is 18.3. The lowest BCUT2D eigenvalue weighted by Gasteiger charge is -2.25. The first-order valence-corrected chi connectivity index (χ1v) is 7.19. The van der Waals surface area contributed by atoms with E-state index in [0.29, 0.717) is 12.0 Å². The Morgan fingerprint density at radius 3 is 2.41 bits per heavy atom. The normalized spacial score (nSPS) is 16.2. The lowest BCUT2D eigenvalue weighted by atomic mass is 10.0. The van der Waals surface area contributed by atoms with Crippen molar-refractivity contribution in [2.75, 3.05) is 14.2 Å². The Morgan fingerprint density at radius 1 is 1.32 bits per heavy atom. The smallest absolute Gasteiger partial charge is 0.414 e. The van der Waals surface area contributed by atoms with Crippen LogP contribution in [0.5, 0.6) is 0 Å². The molecule has 1 aliphatic rings. The van der Waals surface area contributed by atoms with Crippen LogP contribution < -0.4 is 5.32 Å². The fraction of sp³-hybridized carbons (Fsp3) is 0.667. The molecule has 0 aromatic rings. The topological polar surface area (TPSA) is 84.9 Å². The molecule has 7 nitrogen and oxygen atoms in total. The maximum absolute atomic E-state index is 12.5. The van der Waals surface area contributed by atoms with Gasteiger partial charge in [0.2, 0.25) is 0 Å². The number of carbonyl (C=O) groups excluding carboxylic acids is 3. The van der Waals surface area contributed by atoms with Crippen LogP contribution in [0.4, 0.5) is 4.79 Å². The molecule has 2 amide bonds. The number of nitrogens with zero attached hydrogens (tertiary/aromatic N) is 1. The Kier molecular flexibility index (Phi) is 6.25. The van der Waals surface area contributed by atoms with E-state index in [9.17, 15) is 14.4 Å². The third kappa shape index (κ3) is 5.23. The van der Waals surface area contributed by atoms with Crippen molar-refractivity contribution < 1.29 is 24.0 Å². The molecule has 0 radical (unpaired) electrons. The summed E-state index contributed by atoms with van der Waals surface area (Å²) in [5, 5.41) is 3.21. The van der Waals surface area contributed by atoms with Gasteiger partial charge in [-0.15, -0.1) is 0 Å². The van der Waals surface area contributed by atoms with Gasteiger partial charge in [0.1, 0.15) is 5.60 Å². The average Bonchev–Trinajstić information content (AvgIpc) is 2.89. The lowest BCUT2D eigenvalue weighted by Crippen LogP contribution is -2.52. The summed E-state index contributed by atoms with van der Waals surface area (Å²) in [6, 6.07) is -1.22. The van der Waals surface area contributed by atoms with E-state index >= 15 is 0 Å². The van der Waals surface area contributed by atoms with Crippen LogP contribution in [-0.2, 0) is 19.2 Å². The second kappa shape index (κ2) is 7.51. The van der Waals surface area contributed by atoms with Gasteiger partial charge in [0, 0.05) is 7.05 Å². The number of imide groups is 1. The number of hydrogen-bond donors (Lipinski definition) is 1. The van der Waals surface area contributed by atoms with Crippen LogP contribution >= 0.6 is 0 Å². The number of ether oxygens (including phenoxy) is 1. The van der Waals surface area contributed by atoms with Gasteiger partial charge in [-0.2, -0.15) is 5.06 Å². The molecule has 22 heavy (non-hydrogen) atoms. The van der Waals surface area contributed by atoms with E-state index in [1.165, 1.54) is 14.2 Å². The van der Waals surface area contributed by atoms with Crippen LogP contribution in [-0.4, -0.2) is 48.6 Å². The van der Waals surface area contributed by atoms with Crippen LogP contribution in [0.1, 0.15) is 40.0 Å². The number of Topliss-reactive ketones (excluding diaryl/α,β-unsaturated/α-hetero) is 1. The van der Waals surface area contributed by atoms with Crippen molar-refractivity contribution in [3.8, 4) is 0 Å². The Bertz CT molecular complexity index is 479. The highest BCUT2D eigenvalue weighted by molar-refractivity contribution is 6.15. The van der Waals surface area contributed by atoms with Gasteiger partial charge in [0.25, 0.3) is 5.91 Å². The van der Waals surface area contributed by atoms with E-state index in [0.717, 1.165) is 17.9 Å². The predicted molar refractivity (Wildman–Crippen MR) is 79.9 cm³/mol. The van der Waals surface area contributed by atoms with E-state index in [1.807, 2.05) is 6.08 Å². The maximum atomic E-state index is 12.5. The van der Waals surface area contributed by atoms with Crippen molar-refractivity contribution >= 4 is 17.8 Å². The third-order valence-electron chi connectivity index (χ3n) is 3.13. The zero-order valence-electron chi connectivity index (χ0n) is 13.8. The average molecular weight is 312 g/mol. The molecule has 0 aliphatic heterocycles. The quantitative estimate of drug-likeness (QED) is 0.613. The molecular formula is C15H24N2O5. The van der Waals surface area contributed by atoms with Gasteiger partial charge < -0.3 is 9.57 Å². The maximum Gasteiger partial charge on any atom is 0.414 e. The minimum Gasteiger partial charge on any atom is -0.444 e. The number of amides is 2. The molecule has 0 spiro atoms. The van der Waals surface area contributed by atoms with Crippen LogP contribution in [0.3, 0.4) is 0 Å². The first-order valence-electron chi connectivity index (χ1n) is 7.19. The van der Waals surface area contributed by atoms with Gasteiger partial charge in [-0.1, -0.05) is 6.08 Å². The van der Waals surface area contributed by atoms with E-state index in [4.69, 9.17) is 9.57 Å². The van der Waals surface area contributed by atoms with E-state index in [1.54, 1.807) is 20.8 Å². The molecule has 0 aromatic heterocycles. The van der Waals surface area contributed by atoms with Crippen LogP contribution in [0.15, 0.2) is 11.6 Å². The molecule has 0 unspecified atom stereocenters. The second-order valence-corrected chi connectivity index (χ2v) is 6.11. The highest BCUT2D eigenvalue weighted by atomic mass is 16.7. The van der Waals surface area contributed by atoms with Gasteiger partial charge in [-0.3, -0.25) is 14.9 Å². The van der Waals surface area contributed by atoms with Crippen LogP contribution in [0.2, 0.25) is 0 Å². The molecule has 0 fully saturated rings. The Labute approximate surface area is 130 Å². The largest absolute Gasteiger partial charge is 0.444 e. The lowest BCUT2D eigenvalue weighted by molar-refractivity contribution is -0.166. The molecule has 0 heterocycles. The molecule has 1 atom stereocenters. The van der Waals surface area contributed by atoms with Crippen LogP contribution in [0, 0.1) is 0 Å². The number of nitrogens with one attached hydrogen (secondary N) is 1. The highest BCUT2D eigenvalue weighted by Crippen LogP contribution is 2.21. The van der Waals surface area contributed by atoms with Crippen molar-refractivity contribution in [2.45, 2.75) is 51.7 Å². The van der Waals surface area contributed by atoms with Crippen molar-refractivity contribution in [3.05, 3.63) is 11.6 Å². The molecule has 7 heteroatoms. The van der Waals surface area contributed by atoms with Crippen molar-refractivity contribution in [3.63, 3.8) is 0 Å². The van der Waals surface area contributed by atoms with Gasteiger partial charge in [0.05, 0.1) is 7.11 Å². The van der Waals surface area contributed by atoms with E-state index < -0.39 is 23.6 Å². The van der Waals surface area contributed by atoms with Crippen molar-refractivity contribution in [2.24, 2.45) is 0 Å². The van der Waals surface area contributed by atoms with Gasteiger partial charge >= 0.3 is 6.09 Å². The summed E-state index contributed by atoms with van der Waals surface area (Å²) in [5.74, 6) is -1.13.